The summed E-state index contributed by atoms with van der Waals surface area (Å²) in [5.41, 5.74) is 0.396. The highest BCUT2D eigenvalue weighted by molar-refractivity contribution is 7.92. The minimum atomic E-state index is -3.61. The van der Waals surface area contributed by atoms with Crippen LogP contribution in [0.15, 0.2) is 24.3 Å². The van der Waals surface area contributed by atoms with Crippen LogP contribution >= 0.6 is 11.6 Å². The number of hydrogen-bond donors (Lipinski definition) is 1. The van der Waals surface area contributed by atoms with Crippen LogP contribution in [0.2, 0.25) is 5.02 Å². The molecule has 5 nitrogen and oxygen atoms in total. The van der Waals surface area contributed by atoms with Gasteiger partial charge >= 0.3 is 0 Å². The van der Waals surface area contributed by atoms with Crippen molar-refractivity contribution in [2.45, 2.75) is 39.2 Å². The molecule has 0 aliphatic carbocycles. The Morgan fingerprint density at radius 2 is 2.05 bits per heavy atom. The van der Waals surface area contributed by atoms with E-state index >= 15 is 0 Å². The number of unbranched alkanes of at least 4 members (excludes halogenated alkanes) is 1. The Labute approximate surface area is 137 Å². The fourth-order valence-electron chi connectivity index (χ4n) is 2.18. The van der Waals surface area contributed by atoms with Gasteiger partial charge in [-0.05, 0) is 31.0 Å². The highest BCUT2D eigenvalue weighted by Gasteiger charge is 2.31. The number of nitrogens with zero attached hydrogens (tertiary/aromatic N) is 1. The van der Waals surface area contributed by atoms with Gasteiger partial charge in [0, 0.05) is 11.6 Å². The number of benzene rings is 1. The Bertz CT molecular complexity index is 605. The van der Waals surface area contributed by atoms with Crippen molar-refractivity contribution in [2.75, 3.05) is 17.1 Å². The fourth-order valence-corrected chi connectivity index (χ4v) is 3.57. The van der Waals surface area contributed by atoms with E-state index in [1.54, 1.807) is 31.2 Å². The molecule has 22 heavy (non-hydrogen) atoms. The second kappa shape index (κ2) is 8.39. The second-order valence-electron chi connectivity index (χ2n) is 5.11. The van der Waals surface area contributed by atoms with Gasteiger partial charge in [0.2, 0.25) is 15.9 Å². The average Bonchev–Trinajstić information content (AvgIpc) is 2.43. The number of sulfonamides is 1. The number of halogens is 1. The summed E-state index contributed by atoms with van der Waals surface area (Å²) in [6.07, 6.45) is 3.28. The third-order valence-electron chi connectivity index (χ3n) is 3.22. The molecule has 0 saturated carbocycles. The van der Waals surface area contributed by atoms with Gasteiger partial charge in [0.15, 0.2) is 0 Å². The first kappa shape index (κ1) is 18.8. The Kier molecular flexibility index (Phi) is 7.16. The monoisotopic (exact) mass is 346 g/mol. The number of nitrogens with one attached hydrogen (secondary N) is 1. The third-order valence-corrected chi connectivity index (χ3v) is 4.64. The predicted octanol–water partition coefficient (Wildman–Crippen LogP) is 2.80. The molecule has 0 fully saturated rings. The molecule has 0 radical (unpaired) electrons. The van der Waals surface area contributed by atoms with Gasteiger partial charge in [0.05, 0.1) is 11.9 Å². The number of anilines is 1. The summed E-state index contributed by atoms with van der Waals surface area (Å²) in [6.45, 7) is 4.35. The Hall–Kier alpha value is -1.27. The van der Waals surface area contributed by atoms with E-state index < -0.39 is 16.1 Å². The topological polar surface area (TPSA) is 66.5 Å². The zero-order valence-electron chi connectivity index (χ0n) is 13.2. The molecule has 1 N–H and O–H groups in total. The molecule has 0 unspecified atom stereocenters. The molecule has 0 aromatic heterocycles. The van der Waals surface area contributed by atoms with Crippen molar-refractivity contribution in [3.05, 3.63) is 29.3 Å². The Balaban J connectivity index is 3.12. The molecule has 1 amide bonds. The normalized spacial score (nSPS) is 12.7. The Morgan fingerprint density at radius 1 is 1.36 bits per heavy atom. The molecule has 0 bridgehead atoms. The molecule has 1 rings (SSSR count). The molecule has 0 aliphatic rings. The van der Waals surface area contributed by atoms with E-state index in [-0.39, 0.29) is 5.91 Å². The quantitative estimate of drug-likeness (QED) is 0.736. The van der Waals surface area contributed by atoms with Crippen molar-refractivity contribution in [1.82, 2.24) is 5.32 Å². The van der Waals surface area contributed by atoms with Crippen LogP contribution in [0.25, 0.3) is 0 Å². The zero-order valence-corrected chi connectivity index (χ0v) is 14.7. The van der Waals surface area contributed by atoms with Gasteiger partial charge < -0.3 is 5.32 Å². The van der Waals surface area contributed by atoms with E-state index in [1.165, 1.54) is 0 Å². The largest absolute Gasteiger partial charge is 0.354 e. The van der Waals surface area contributed by atoms with Crippen LogP contribution in [0.5, 0.6) is 0 Å². The summed E-state index contributed by atoms with van der Waals surface area (Å²) in [5, 5.41) is 3.22. The number of carbonyl (C=O) groups excluding carboxylic acids is 1. The van der Waals surface area contributed by atoms with E-state index in [0.717, 1.165) is 23.4 Å². The van der Waals surface area contributed by atoms with E-state index in [0.29, 0.717) is 23.7 Å². The number of hydrogen-bond acceptors (Lipinski definition) is 3. The molecule has 0 spiro atoms. The Morgan fingerprint density at radius 3 is 2.55 bits per heavy atom. The molecule has 1 aromatic carbocycles. The smallest absolute Gasteiger partial charge is 0.243 e. The summed E-state index contributed by atoms with van der Waals surface area (Å²) >= 11 is 5.95. The summed E-state index contributed by atoms with van der Waals surface area (Å²) in [6, 6.07) is 5.72. The maximum Gasteiger partial charge on any atom is 0.243 e. The van der Waals surface area contributed by atoms with Crippen molar-refractivity contribution in [1.29, 1.82) is 0 Å². The van der Waals surface area contributed by atoms with Crippen molar-refractivity contribution < 1.29 is 13.2 Å². The van der Waals surface area contributed by atoms with Crippen molar-refractivity contribution >= 4 is 33.2 Å². The summed E-state index contributed by atoms with van der Waals surface area (Å²) in [4.78, 5) is 12.3. The lowest BCUT2D eigenvalue weighted by molar-refractivity contribution is -0.122. The van der Waals surface area contributed by atoms with Crippen LogP contribution in [-0.4, -0.2) is 33.2 Å². The maximum absolute atomic E-state index is 12.3. The highest BCUT2D eigenvalue weighted by atomic mass is 35.5. The van der Waals surface area contributed by atoms with Gasteiger partial charge in [-0.15, -0.1) is 0 Å². The van der Waals surface area contributed by atoms with Crippen molar-refractivity contribution in [3.8, 4) is 0 Å². The van der Waals surface area contributed by atoms with Crippen LogP contribution in [0.3, 0.4) is 0 Å². The van der Waals surface area contributed by atoms with Crippen LogP contribution in [-0.2, 0) is 14.8 Å². The second-order valence-corrected chi connectivity index (χ2v) is 7.40. The standard InChI is InChI=1S/C15H23ClN2O3S/c1-4-6-10-17-15(19)14(5-2)18(22(3,20)21)13-9-7-8-12(16)11-13/h7-9,11,14H,4-6,10H2,1-3H3,(H,17,19)/t14-/m0/s1. The van der Waals surface area contributed by atoms with E-state index in [4.69, 9.17) is 11.6 Å². The van der Waals surface area contributed by atoms with E-state index in [1.807, 2.05) is 6.92 Å². The summed E-state index contributed by atoms with van der Waals surface area (Å²) < 4.78 is 25.5. The molecule has 1 atom stereocenters. The molecule has 7 heteroatoms. The summed E-state index contributed by atoms with van der Waals surface area (Å²) in [7, 11) is -3.61. The van der Waals surface area contributed by atoms with E-state index in [9.17, 15) is 13.2 Å². The van der Waals surface area contributed by atoms with E-state index in [2.05, 4.69) is 5.32 Å². The average molecular weight is 347 g/mol. The van der Waals surface area contributed by atoms with Crippen LogP contribution in [0.4, 0.5) is 5.69 Å². The van der Waals surface area contributed by atoms with Gasteiger partial charge in [0.25, 0.3) is 0 Å². The predicted molar refractivity (Wildman–Crippen MR) is 90.8 cm³/mol. The minimum absolute atomic E-state index is 0.290. The van der Waals surface area contributed by atoms with Gasteiger partial charge in [0.1, 0.15) is 6.04 Å². The lowest BCUT2D eigenvalue weighted by Gasteiger charge is -2.30. The molecular formula is C15H23ClN2O3S. The lowest BCUT2D eigenvalue weighted by Crippen LogP contribution is -2.49. The third kappa shape index (κ3) is 5.18. The lowest BCUT2D eigenvalue weighted by atomic mass is 10.2. The molecule has 0 heterocycles. The number of rotatable bonds is 8. The SMILES string of the molecule is CCCCNC(=O)[C@H](CC)N(c1cccc(Cl)c1)S(C)(=O)=O. The molecule has 0 saturated heterocycles. The highest BCUT2D eigenvalue weighted by Crippen LogP contribution is 2.25. The van der Waals surface area contributed by atoms with Crippen LogP contribution < -0.4 is 9.62 Å². The first-order valence-electron chi connectivity index (χ1n) is 7.34. The molecular weight excluding hydrogens is 324 g/mol. The van der Waals surface area contributed by atoms with Gasteiger partial charge in [-0.25, -0.2) is 8.42 Å². The molecule has 1 aromatic rings. The fraction of sp³-hybridized carbons (Fsp3) is 0.533. The van der Waals surface area contributed by atoms with Crippen molar-refractivity contribution in [3.63, 3.8) is 0 Å². The zero-order chi connectivity index (χ0) is 16.8. The molecule has 124 valence electrons. The van der Waals surface area contributed by atoms with Crippen LogP contribution in [0.1, 0.15) is 33.1 Å². The maximum atomic E-state index is 12.3. The number of carbonyl (C=O) groups is 1. The minimum Gasteiger partial charge on any atom is -0.354 e. The van der Waals surface area contributed by atoms with Crippen molar-refractivity contribution in [2.24, 2.45) is 0 Å². The molecule has 0 aliphatic heterocycles. The summed E-state index contributed by atoms with van der Waals surface area (Å²) in [5.74, 6) is -0.290. The van der Waals surface area contributed by atoms with Gasteiger partial charge in [-0.3, -0.25) is 9.10 Å². The first-order valence-corrected chi connectivity index (χ1v) is 9.56. The van der Waals surface area contributed by atoms with Gasteiger partial charge in [-0.2, -0.15) is 0 Å². The first-order chi connectivity index (χ1) is 10.3. The number of amides is 1. The van der Waals surface area contributed by atoms with Gasteiger partial charge in [-0.1, -0.05) is 37.9 Å². The van der Waals surface area contributed by atoms with Crippen LogP contribution in [0, 0.1) is 0 Å².